The Morgan fingerprint density at radius 1 is 1.25 bits per heavy atom. The monoisotopic (exact) mass is 285 g/mol. The molecule has 100 valence electrons. The van der Waals surface area contributed by atoms with Gasteiger partial charge in [0.25, 0.3) is 0 Å². The van der Waals surface area contributed by atoms with Crippen molar-refractivity contribution >= 4 is 28.6 Å². The molecule has 0 bridgehead atoms. The third-order valence-corrected chi connectivity index (χ3v) is 3.86. The minimum Gasteiger partial charge on any atom is -0.478 e. The van der Waals surface area contributed by atoms with E-state index in [0.29, 0.717) is 10.8 Å². The second-order valence-electron chi connectivity index (χ2n) is 4.21. The minimum atomic E-state index is -0.967. The van der Waals surface area contributed by atoms with E-state index in [9.17, 15) is 9.90 Å². The molecule has 2 aromatic heterocycles. The van der Waals surface area contributed by atoms with E-state index >= 15 is 0 Å². The average Bonchev–Trinajstić information content (AvgIpc) is 2.97. The lowest BCUT2D eigenvalue weighted by molar-refractivity contribution is 0.0692. The van der Waals surface area contributed by atoms with Crippen molar-refractivity contribution in [1.29, 1.82) is 0 Å². The van der Waals surface area contributed by atoms with Crippen molar-refractivity contribution in [2.75, 3.05) is 0 Å². The van der Waals surface area contributed by atoms with E-state index in [1.54, 1.807) is 12.3 Å². The first-order chi connectivity index (χ1) is 9.74. The Morgan fingerprint density at radius 3 is 2.85 bits per heavy atom. The number of para-hydroxylation sites is 1. The number of thioether (sulfide) groups is 1. The van der Waals surface area contributed by atoms with E-state index in [1.165, 1.54) is 11.8 Å². The Kier molecular flexibility index (Phi) is 3.43. The number of hydrogen-bond acceptors (Lipinski definition) is 4. The van der Waals surface area contributed by atoms with Crippen molar-refractivity contribution in [2.45, 2.75) is 10.8 Å². The Bertz CT molecular complexity index is 753. The van der Waals surface area contributed by atoms with Crippen molar-refractivity contribution in [2.24, 2.45) is 0 Å². The molecule has 3 rings (SSSR count). The molecule has 0 saturated heterocycles. The molecule has 0 amide bonds. The first-order valence-corrected chi connectivity index (χ1v) is 7.01. The number of benzene rings is 1. The number of fused-ring (bicyclic) bond motifs is 1. The summed E-state index contributed by atoms with van der Waals surface area (Å²) in [6.07, 6.45) is 1.60. The lowest BCUT2D eigenvalue weighted by Crippen LogP contribution is -2.01. The number of carboxylic acid groups (broad SMARTS) is 1. The third kappa shape index (κ3) is 2.53. The van der Waals surface area contributed by atoms with Gasteiger partial charge in [-0.25, -0.2) is 9.78 Å². The van der Waals surface area contributed by atoms with E-state index in [0.717, 1.165) is 16.7 Å². The van der Waals surface area contributed by atoms with E-state index in [1.807, 2.05) is 36.4 Å². The van der Waals surface area contributed by atoms with Gasteiger partial charge in [0, 0.05) is 5.39 Å². The van der Waals surface area contributed by atoms with Gasteiger partial charge < -0.3 is 9.52 Å². The molecule has 3 aromatic rings. The molecule has 20 heavy (non-hydrogen) atoms. The number of carbonyl (C=O) groups is 1. The quantitative estimate of drug-likeness (QED) is 0.738. The van der Waals surface area contributed by atoms with Gasteiger partial charge in [-0.3, -0.25) is 0 Å². The van der Waals surface area contributed by atoms with Crippen LogP contribution in [0.1, 0.15) is 16.1 Å². The average molecular weight is 285 g/mol. The molecule has 0 saturated carbocycles. The van der Waals surface area contributed by atoms with Crippen LogP contribution < -0.4 is 0 Å². The van der Waals surface area contributed by atoms with Crippen LogP contribution in [0.5, 0.6) is 0 Å². The molecular formula is C15H11NO3S. The van der Waals surface area contributed by atoms with Gasteiger partial charge in [0.05, 0.1) is 23.1 Å². The van der Waals surface area contributed by atoms with Crippen LogP contribution in [0, 0.1) is 0 Å². The number of pyridine rings is 1. The smallest absolute Gasteiger partial charge is 0.338 e. The molecule has 0 aliphatic rings. The van der Waals surface area contributed by atoms with Crippen LogP contribution in [0.25, 0.3) is 10.9 Å². The maximum atomic E-state index is 11.4. The standard InChI is InChI=1S/C15H11NO3S/c17-15(18)12-8-10-4-1-2-6-13(10)16-14(12)20-9-11-5-3-7-19-11/h1-8H,9H2,(H,17,18). The van der Waals surface area contributed by atoms with E-state index in [2.05, 4.69) is 4.98 Å². The fraction of sp³-hybridized carbons (Fsp3) is 0.0667. The fourth-order valence-electron chi connectivity index (χ4n) is 1.90. The van der Waals surface area contributed by atoms with E-state index < -0.39 is 5.97 Å². The Hall–Kier alpha value is -2.27. The lowest BCUT2D eigenvalue weighted by Gasteiger charge is -2.06. The van der Waals surface area contributed by atoms with Crippen molar-refractivity contribution in [3.05, 3.63) is 60.1 Å². The fourth-order valence-corrected chi connectivity index (χ4v) is 2.80. The highest BCUT2D eigenvalue weighted by Crippen LogP contribution is 2.27. The van der Waals surface area contributed by atoms with Crippen molar-refractivity contribution in [3.63, 3.8) is 0 Å². The second kappa shape index (κ2) is 5.38. The van der Waals surface area contributed by atoms with Gasteiger partial charge in [-0.15, -0.1) is 0 Å². The molecular weight excluding hydrogens is 274 g/mol. The molecule has 4 nitrogen and oxygen atoms in total. The summed E-state index contributed by atoms with van der Waals surface area (Å²) in [5.41, 5.74) is 1.01. The molecule has 0 fully saturated rings. The SMILES string of the molecule is O=C(O)c1cc2ccccc2nc1SCc1ccco1. The van der Waals surface area contributed by atoms with Crippen LogP contribution in [-0.2, 0) is 5.75 Å². The van der Waals surface area contributed by atoms with Gasteiger partial charge in [-0.1, -0.05) is 30.0 Å². The predicted molar refractivity (Wildman–Crippen MR) is 77.0 cm³/mol. The second-order valence-corrected chi connectivity index (χ2v) is 5.17. The number of carboxylic acids is 1. The molecule has 0 unspecified atom stereocenters. The number of hydrogen-bond donors (Lipinski definition) is 1. The number of furan rings is 1. The summed E-state index contributed by atoms with van der Waals surface area (Å²) in [7, 11) is 0. The molecule has 0 aliphatic carbocycles. The van der Waals surface area contributed by atoms with Gasteiger partial charge in [-0.05, 0) is 24.3 Å². The summed E-state index contributed by atoms with van der Waals surface area (Å²) in [6, 6.07) is 12.8. The first kappa shape index (κ1) is 12.7. The van der Waals surface area contributed by atoms with Gasteiger partial charge in [0.2, 0.25) is 0 Å². The summed E-state index contributed by atoms with van der Waals surface area (Å²) in [4.78, 5) is 15.8. The van der Waals surface area contributed by atoms with E-state index in [-0.39, 0.29) is 5.56 Å². The van der Waals surface area contributed by atoms with Crippen LogP contribution in [0.3, 0.4) is 0 Å². The number of aromatic nitrogens is 1. The van der Waals surface area contributed by atoms with Crippen LogP contribution in [0.15, 0.2) is 58.2 Å². The summed E-state index contributed by atoms with van der Waals surface area (Å²) in [5.74, 6) is 0.380. The molecule has 0 radical (unpaired) electrons. The predicted octanol–water partition coefficient (Wildman–Crippen LogP) is 3.82. The molecule has 2 heterocycles. The summed E-state index contributed by atoms with van der Waals surface area (Å²) < 4.78 is 5.25. The van der Waals surface area contributed by atoms with Gasteiger partial charge in [0.1, 0.15) is 10.8 Å². The summed E-state index contributed by atoms with van der Waals surface area (Å²) in [6.45, 7) is 0. The summed E-state index contributed by atoms with van der Waals surface area (Å²) in [5, 5.41) is 10.6. The van der Waals surface area contributed by atoms with Crippen molar-refractivity contribution < 1.29 is 14.3 Å². The number of aromatic carboxylic acids is 1. The molecule has 1 aromatic carbocycles. The molecule has 5 heteroatoms. The normalized spacial score (nSPS) is 10.8. The number of nitrogens with zero attached hydrogens (tertiary/aromatic N) is 1. The number of rotatable bonds is 4. The minimum absolute atomic E-state index is 0.222. The van der Waals surface area contributed by atoms with Gasteiger partial charge >= 0.3 is 5.97 Å². The largest absolute Gasteiger partial charge is 0.478 e. The van der Waals surface area contributed by atoms with Gasteiger partial charge in [-0.2, -0.15) is 0 Å². The molecule has 1 N–H and O–H groups in total. The zero-order chi connectivity index (χ0) is 13.9. The van der Waals surface area contributed by atoms with Crippen LogP contribution in [0.2, 0.25) is 0 Å². The van der Waals surface area contributed by atoms with Crippen LogP contribution in [0.4, 0.5) is 0 Å². The Balaban J connectivity index is 1.98. The third-order valence-electron chi connectivity index (χ3n) is 2.85. The maximum Gasteiger partial charge on any atom is 0.338 e. The topological polar surface area (TPSA) is 63.3 Å². The van der Waals surface area contributed by atoms with Crippen LogP contribution in [-0.4, -0.2) is 16.1 Å². The van der Waals surface area contributed by atoms with E-state index in [4.69, 9.17) is 4.42 Å². The zero-order valence-corrected chi connectivity index (χ0v) is 11.3. The Morgan fingerprint density at radius 2 is 2.10 bits per heavy atom. The van der Waals surface area contributed by atoms with Gasteiger partial charge in [0.15, 0.2) is 0 Å². The maximum absolute atomic E-state index is 11.4. The van der Waals surface area contributed by atoms with Crippen molar-refractivity contribution in [3.8, 4) is 0 Å². The highest BCUT2D eigenvalue weighted by molar-refractivity contribution is 7.98. The van der Waals surface area contributed by atoms with Crippen LogP contribution >= 0.6 is 11.8 Å². The molecule has 0 spiro atoms. The van der Waals surface area contributed by atoms with Crippen molar-refractivity contribution in [1.82, 2.24) is 4.98 Å². The summed E-state index contributed by atoms with van der Waals surface area (Å²) >= 11 is 1.36. The zero-order valence-electron chi connectivity index (χ0n) is 10.4. The molecule has 0 aliphatic heterocycles. The Labute approximate surface area is 119 Å². The highest BCUT2D eigenvalue weighted by Gasteiger charge is 2.14. The lowest BCUT2D eigenvalue weighted by atomic mass is 10.1. The highest BCUT2D eigenvalue weighted by atomic mass is 32.2. The molecule has 0 atom stereocenters. The first-order valence-electron chi connectivity index (χ1n) is 6.02.